The summed E-state index contributed by atoms with van der Waals surface area (Å²) in [6, 6.07) is 16.4. The van der Waals surface area contributed by atoms with Crippen molar-refractivity contribution >= 4 is 28.9 Å². The number of carbonyl (C=O) groups excluding carboxylic acids is 2. The van der Waals surface area contributed by atoms with Crippen molar-refractivity contribution in [3.63, 3.8) is 0 Å². The quantitative estimate of drug-likeness (QED) is 0.654. The van der Waals surface area contributed by atoms with E-state index in [9.17, 15) is 9.59 Å². The Balaban J connectivity index is 1.63. The largest absolute Gasteiger partial charge is 0.497 e. The highest BCUT2D eigenvalue weighted by atomic mass is 32.1. The first-order chi connectivity index (χ1) is 13.1. The van der Waals surface area contributed by atoms with E-state index >= 15 is 0 Å². The van der Waals surface area contributed by atoms with E-state index in [2.05, 4.69) is 10.3 Å². The monoisotopic (exact) mass is 382 g/mol. The molecule has 1 heterocycles. The molecule has 27 heavy (non-hydrogen) atoms. The molecular formula is C20H18N2O4S. The minimum absolute atomic E-state index is 0.358. The number of hydrogen-bond donors (Lipinski definition) is 1. The lowest BCUT2D eigenvalue weighted by Gasteiger charge is -2.05. The van der Waals surface area contributed by atoms with Crippen LogP contribution < -0.4 is 10.1 Å². The maximum atomic E-state index is 12.3. The molecule has 138 valence electrons. The van der Waals surface area contributed by atoms with Crippen LogP contribution >= 0.6 is 11.3 Å². The van der Waals surface area contributed by atoms with Gasteiger partial charge < -0.3 is 14.8 Å². The maximum absolute atomic E-state index is 12.3. The van der Waals surface area contributed by atoms with Crippen molar-refractivity contribution in [2.24, 2.45) is 0 Å². The standard InChI is InChI=1S/C20H18N2O4S/c1-13-18(27-19(21-13)14-8-10-16(25-2)11-9-14)20(24)26-12-17(23)22-15-6-4-3-5-7-15/h3-11H,12H2,1-2H3,(H,22,23). The van der Waals surface area contributed by atoms with Gasteiger partial charge in [0, 0.05) is 11.3 Å². The van der Waals surface area contributed by atoms with Crippen LogP contribution in [0.5, 0.6) is 5.75 Å². The molecular weight excluding hydrogens is 364 g/mol. The molecule has 2 aromatic carbocycles. The van der Waals surface area contributed by atoms with Crippen LogP contribution in [0.3, 0.4) is 0 Å². The Labute approximate surface area is 160 Å². The first-order valence-electron chi connectivity index (χ1n) is 8.20. The topological polar surface area (TPSA) is 77.5 Å². The number of nitrogens with one attached hydrogen (secondary N) is 1. The number of ether oxygens (including phenoxy) is 2. The number of carbonyl (C=O) groups is 2. The molecule has 1 amide bonds. The van der Waals surface area contributed by atoms with Crippen molar-refractivity contribution in [2.75, 3.05) is 19.0 Å². The van der Waals surface area contributed by atoms with Gasteiger partial charge in [-0.05, 0) is 43.3 Å². The van der Waals surface area contributed by atoms with Crippen molar-refractivity contribution in [3.05, 3.63) is 65.2 Å². The van der Waals surface area contributed by atoms with Crippen LogP contribution in [0.25, 0.3) is 10.6 Å². The Morgan fingerprint density at radius 1 is 1.07 bits per heavy atom. The number of nitrogens with zero attached hydrogens (tertiary/aromatic N) is 1. The van der Waals surface area contributed by atoms with E-state index in [1.165, 1.54) is 11.3 Å². The zero-order valence-corrected chi connectivity index (χ0v) is 15.7. The summed E-state index contributed by atoms with van der Waals surface area (Å²) in [7, 11) is 1.60. The molecule has 0 bridgehead atoms. The Morgan fingerprint density at radius 2 is 1.78 bits per heavy atom. The van der Waals surface area contributed by atoms with Crippen molar-refractivity contribution < 1.29 is 19.1 Å². The molecule has 1 aromatic heterocycles. The number of aromatic nitrogens is 1. The maximum Gasteiger partial charge on any atom is 0.350 e. The lowest BCUT2D eigenvalue weighted by molar-refractivity contribution is -0.119. The molecule has 1 N–H and O–H groups in total. The van der Waals surface area contributed by atoms with Crippen LogP contribution in [-0.2, 0) is 9.53 Å². The molecule has 3 rings (SSSR count). The molecule has 3 aromatic rings. The predicted molar refractivity (Wildman–Crippen MR) is 104 cm³/mol. The molecule has 0 aliphatic carbocycles. The fourth-order valence-electron chi connectivity index (χ4n) is 2.36. The van der Waals surface area contributed by atoms with Gasteiger partial charge in [0.05, 0.1) is 12.8 Å². The van der Waals surface area contributed by atoms with Gasteiger partial charge >= 0.3 is 5.97 Å². The summed E-state index contributed by atoms with van der Waals surface area (Å²) in [5, 5.41) is 3.37. The van der Waals surface area contributed by atoms with E-state index in [1.807, 2.05) is 42.5 Å². The second-order valence-electron chi connectivity index (χ2n) is 5.65. The smallest absolute Gasteiger partial charge is 0.350 e. The van der Waals surface area contributed by atoms with Gasteiger partial charge in [0.1, 0.15) is 15.6 Å². The summed E-state index contributed by atoms with van der Waals surface area (Å²) < 4.78 is 10.3. The van der Waals surface area contributed by atoms with Crippen LogP contribution in [0.15, 0.2) is 54.6 Å². The number of hydrogen-bond acceptors (Lipinski definition) is 6. The molecule has 0 saturated carbocycles. The highest BCUT2D eigenvalue weighted by molar-refractivity contribution is 7.17. The molecule has 0 radical (unpaired) electrons. The Kier molecular flexibility index (Phi) is 5.83. The molecule has 0 saturated heterocycles. The van der Waals surface area contributed by atoms with Gasteiger partial charge in [-0.2, -0.15) is 0 Å². The number of rotatable bonds is 6. The second kappa shape index (κ2) is 8.46. The fraction of sp³-hybridized carbons (Fsp3) is 0.150. The van der Waals surface area contributed by atoms with E-state index in [0.717, 1.165) is 11.3 Å². The van der Waals surface area contributed by atoms with Crippen LogP contribution in [0.4, 0.5) is 5.69 Å². The van der Waals surface area contributed by atoms with E-state index < -0.39 is 11.9 Å². The van der Waals surface area contributed by atoms with Crippen LogP contribution in [0, 0.1) is 6.92 Å². The van der Waals surface area contributed by atoms with E-state index in [0.29, 0.717) is 21.3 Å². The lowest BCUT2D eigenvalue weighted by Crippen LogP contribution is -2.20. The van der Waals surface area contributed by atoms with E-state index in [4.69, 9.17) is 9.47 Å². The normalized spacial score (nSPS) is 10.3. The number of aryl methyl sites for hydroxylation is 1. The first-order valence-corrected chi connectivity index (χ1v) is 9.02. The Bertz CT molecular complexity index is 936. The van der Waals surface area contributed by atoms with Crippen LogP contribution in [0.2, 0.25) is 0 Å². The highest BCUT2D eigenvalue weighted by Crippen LogP contribution is 2.29. The summed E-state index contributed by atoms with van der Waals surface area (Å²) in [6.07, 6.45) is 0. The SMILES string of the molecule is COc1ccc(-c2nc(C)c(C(=O)OCC(=O)Nc3ccccc3)s2)cc1. The van der Waals surface area contributed by atoms with Gasteiger partial charge in [-0.15, -0.1) is 11.3 Å². The number of esters is 1. The number of methoxy groups -OCH3 is 1. The lowest BCUT2D eigenvalue weighted by atomic mass is 10.2. The van der Waals surface area contributed by atoms with Gasteiger partial charge in [0.15, 0.2) is 6.61 Å². The number of benzene rings is 2. The third-order valence-corrected chi connectivity index (χ3v) is 4.90. The summed E-state index contributed by atoms with van der Waals surface area (Å²) in [4.78, 5) is 29.0. The Morgan fingerprint density at radius 3 is 2.44 bits per heavy atom. The van der Waals surface area contributed by atoms with E-state index in [1.54, 1.807) is 26.2 Å². The number of para-hydroxylation sites is 1. The zero-order valence-electron chi connectivity index (χ0n) is 14.9. The number of anilines is 1. The van der Waals surface area contributed by atoms with Gasteiger partial charge in [0.25, 0.3) is 5.91 Å². The average molecular weight is 382 g/mol. The third kappa shape index (κ3) is 4.71. The molecule has 0 aliphatic rings. The summed E-state index contributed by atoms with van der Waals surface area (Å²) >= 11 is 1.23. The minimum atomic E-state index is -0.562. The van der Waals surface area contributed by atoms with Gasteiger partial charge in [0.2, 0.25) is 0 Å². The molecule has 0 spiro atoms. The van der Waals surface area contributed by atoms with Crippen molar-refractivity contribution in [1.29, 1.82) is 0 Å². The molecule has 0 fully saturated rings. The Hall–Kier alpha value is -3.19. The number of thiazole rings is 1. The van der Waals surface area contributed by atoms with Crippen LogP contribution in [0.1, 0.15) is 15.4 Å². The summed E-state index contributed by atoms with van der Waals surface area (Å²) in [5.74, 6) is -0.212. The third-order valence-electron chi connectivity index (χ3n) is 3.71. The van der Waals surface area contributed by atoms with Crippen molar-refractivity contribution in [2.45, 2.75) is 6.92 Å². The predicted octanol–water partition coefficient (Wildman–Crippen LogP) is 3.92. The van der Waals surface area contributed by atoms with Crippen LogP contribution in [-0.4, -0.2) is 30.6 Å². The molecule has 7 heteroatoms. The van der Waals surface area contributed by atoms with Crippen molar-refractivity contribution in [3.8, 4) is 16.3 Å². The van der Waals surface area contributed by atoms with Gasteiger partial charge in [-0.3, -0.25) is 4.79 Å². The zero-order chi connectivity index (χ0) is 19.2. The van der Waals surface area contributed by atoms with E-state index in [-0.39, 0.29) is 6.61 Å². The minimum Gasteiger partial charge on any atom is -0.497 e. The molecule has 0 aliphatic heterocycles. The fourth-order valence-corrected chi connectivity index (χ4v) is 3.32. The molecule has 0 unspecified atom stereocenters. The molecule has 0 atom stereocenters. The number of amides is 1. The van der Waals surface area contributed by atoms with Crippen molar-refractivity contribution in [1.82, 2.24) is 4.98 Å². The average Bonchev–Trinajstić information content (AvgIpc) is 3.09. The molecule has 6 nitrogen and oxygen atoms in total. The summed E-state index contributed by atoms with van der Waals surface area (Å²) in [5.41, 5.74) is 2.10. The summed E-state index contributed by atoms with van der Waals surface area (Å²) in [6.45, 7) is 1.38. The van der Waals surface area contributed by atoms with Gasteiger partial charge in [-0.25, -0.2) is 9.78 Å². The highest BCUT2D eigenvalue weighted by Gasteiger charge is 2.18. The second-order valence-corrected chi connectivity index (χ2v) is 6.65. The first kappa shape index (κ1) is 18.6. The van der Waals surface area contributed by atoms with Gasteiger partial charge in [-0.1, -0.05) is 18.2 Å².